The van der Waals surface area contributed by atoms with Crippen molar-refractivity contribution in [3.63, 3.8) is 0 Å². The SMILES string of the molecule is C=C(C)C(=O)OC(CC(O[SiH3])([Si](C)(C)C)[Si](C)(C)C)[Si](C)(C)C. The molecule has 136 valence electrons. The van der Waals surface area contributed by atoms with Gasteiger partial charge in [-0.2, -0.15) is 0 Å². The first-order valence-electron chi connectivity index (χ1n) is 8.41. The molecule has 0 fully saturated rings. The summed E-state index contributed by atoms with van der Waals surface area (Å²) in [7, 11) is -4.18. The van der Waals surface area contributed by atoms with Crippen LogP contribution in [0.1, 0.15) is 13.3 Å². The minimum atomic E-state index is -1.68. The van der Waals surface area contributed by atoms with Gasteiger partial charge in [0.15, 0.2) is 0 Å². The molecule has 0 aliphatic heterocycles. The van der Waals surface area contributed by atoms with Crippen LogP contribution in [-0.2, 0) is 14.0 Å². The van der Waals surface area contributed by atoms with Gasteiger partial charge in [-0.05, 0) is 6.92 Å². The second kappa shape index (κ2) is 7.51. The Morgan fingerprint density at radius 3 is 1.65 bits per heavy atom. The summed E-state index contributed by atoms with van der Waals surface area (Å²) in [5, 5.41) is 0. The highest BCUT2D eigenvalue weighted by Crippen LogP contribution is 2.40. The zero-order chi connectivity index (χ0) is 18.9. The van der Waals surface area contributed by atoms with E-state index < -0.39 is 24.2 Å². The van der Waals surface area contributed by atoms with E-state index >= 15 is 0 Å². The summed E-state index contributed by atoms with van der Waals surface area (Å²) >= 11 is 0. The minimum absolute atomic E-state index is 0.0286. The van der Waals surface area contributed by atoms with E-state index in [0.29, 0.717) is 5.57 Å². The highest BCUT2D eigenvalue weighted by Gasteiger charge is 2.55. The zero-order valence-corrected chi connectivity index (χ0v) is 22.2. The summed E-state index contributed by atoms with van der Waals surface area (Å²) < 4.78 is 12.3. The molecule has 0 spiro atoms. The third-order valence-electron chi connectivity index (χ3n) is 4.81. The molecule has 0 aromatic carbocycles. The van der Waals surface area contributed by atoms with E-state index in [2.05, 4.69) is 65.5 Å². The van der Waals surface area contributed by atoms with Gasteiger partial charge in [-0.25, -0.2) is 4.79 Å². The van der Waals surface area contributed by atoms with Crippen LogP contribution in [0.25, 0.3) is 0 Å². The van der Waals surface area contributed by atoms with E-state index in [1.165, 1.54) is 0 Å². The van der Waals surface area contributed by atoms with Gasteiger partial charge in [0, 0.05) is 16.8 Å². The quantitative estimate of drug-likeness (QED) is 0.361. The third kappa shape index (κ3) is 5.52. The Kier molecular flexibility index (Phi) is 7.52. The number of esters is 1. The summed E-state index contributed by atoms with van der Waals surface area (Å²) in [5.74, 6) is -0.258. The van der Waals surface area contributed by atoms with Gasteiger partial charge < -0.3 is 9.16 Å². The van der Waals surface area contributed by atoms with Crippen LogP contribution in [-0.4, -0.2) is 51.3 Å². The largest absolute Gasteiger partial charge is 0.463 e. The Morgan fingerprint density at radius 1 is 1.04 bits per heavy atom. The van der Waals surface area contributed by atoms with Crippen molar-refractivity contribution in [1.29, 1.82) is 0 Å². The van der Waals surface area contributed by atoms with E-state index in [-0.39, 0.29) is 16.5 Å². The van der Waals surface area contributed by atoms with Gasteiger partial charge in [0.25, 0.3) is 0 Å². The Morgan fingerprint density at radius 2 is 1.43 bits per heavy atom. The van der Waals surface area contributed by atoms with E-state index in [1.54, 1.807) is 6.92 Å². The summed E-state index contributed by atoms with van der Waals surface area (Å²) in [6.07, 6.45) is 0.858. The fraction of sp³-hybridized carbons (Fsp3) is 0.812. The highest BCUT2D eigenvalue weighted by molar-refractivity contribution is 6.98. The lowest BCUT2D eigenvalue weighted by Gasteiger charge is -2.53. The lowest BCUT2D eigenvalue weighted by molar-refractivity contribution is -0.141. The zero-order valence-electron chi connectivity index (χ0n) is 17.2. The molecule has 0 heterocycles. The first-order chi connectivity index (χ1) is 9.99. The van der Waals surface area contributed by atoms with Crippen LogP contribution in [0.5, 0.6) is 0 Å². The molecule has 0 aliphatic carbocycles. The lowest BCUT2D eigenvalue weighted by Crippen LogP contribution is -2.70. The lowest BCUT2D eigenvalue weighted by atomic mass is 10.3. The Balaban J connectivity index is 5.91. The highest BCUT2D eigenvalue weighted by atomic mass is 28.4. The number of carbonyl (C=O) groups excluding carboxylic acids is 1. The molecular formula is C16H38O3Si4. The molecule has 0 N–H and O–H groups in total. The minimum Gasteiger partial charge on any atom is -0.463 e. The molecule has 0 bridgehead atoms. The van der Waals surface area contributed by atoms with Gasteiger partial charge in [-0.15, -0.1) is 0 Å². The molecule has 0 saturated carbocycles. The normalized spacial score (nSPS) is 15.4. The molecule has 0 rings (SSSR count). The van der Waals surface area contributed by atoms with Gasteiger partial charge in [-0.1, -0.05) is 65.5 Å². The van der Waals surface area contributed by atoms with Crippen LogP contribution < -0.4 is 0 Å². The summed E-state index contributed by atoms with van der Waals surface area (Å²) in [5.41, 5.74) is 0.450. The van der Waals surface area contributed by atoms with Gasteiger partial charge in [0.05, 0.1) is 29.9 Å². The maximum absolute atomic E-state index is 12.2. The Labute approximate surface area is 149 Å². The van der Waals surface area contributed by atoms with Crippen molar-refractivity contribution in [3.05, 3.63) is 12.2 Å². The summed E-state index contributed by atoms with van der Waals surface area (Å²) in [4.78, 5) is 12.1. The van der Waals surface area contributed by atoms with Gasteiger partial charge in [0.1, 0.15) is 10.5 Å². The smallest absolute Gasteiger partial charge is 0.333 e. The summed E-state index contributed by atoms with van der Waals surface area (Å²) in [6.45, 7) is 26.6. The number of carbonyl (C=O) groups is 1. The average molecular weight is 391 g/mol. The predicted molar refractivity (Wildman–Crippen MR) is 113 cm³/mol. The molecular weight excluding hydrogens is 353 g/mol. The van der Waals surface area contributed by atoms with Crippen molar-refractivity contribution < 1.29 is 14.0 Å². The molecule has 0 aromatic rings. The van der Waals surface area contributed by atoms with Gasteiger partial charge in [-0.3, -0.25) is 0 Å². The van der Waals surface area contributed by atoms with Crippen molar-refractivity contribution >= 4 is 40.7 Å². The molecule has 1 unspecified atom stereocenters. The standard InChI is InChI=1S/C16H38O3Si4/c1-13(2)15(17)18-14(21(3,4)5)12-16(19-20,22(6,7)8)23(9,10)11/h14H,1,12H2,2-11,20H3. The first kappa shape index (κ1) is 23.0. The van der Waals surface area contributed by atoms with Crippen molar-refractivity contribution in [2.45, 2.75) is 82.8 Å². The van der Waals surface area contributed by atoms with Crippen molar-refractivity contribution in [3.8, 4) is 0 Å². The maximum Gasteiger partial charge on any atom is 0.333 e. The number of ether oxygens (including phenoxy) is 1. The monoisotopic (exact) mass is 390 g/mol. The molecule has 1 atom stereocenters. The van der Waals surface area contributed by atoms with Crippen LogP contribution in [0, 0.1) is 0 Å². The van der Waals surface area contributed by atoms with E-state index in [4.69, 9.17) is 9.16 Å². The van der Waals surface area contributed by atoms with Crippen LogP contribution in [0.2, 0.25) is 58.9 Å². The maximum atomic E-state index is 12.2. The van der Waals surface area contributed by atoms with Gasteiger partial charge >= 0.3 is 5.97 Å². The third-order valence-corrected chi connectivity index (χ3v) is 18.7. The Hall–Kier alpha value is 0.0375. The first-order valence-corrected chi connectivity index (χ1v) is 19.8. The second-order valence-electron chi connectivity index (χ2n) is 9.78. The molecule has 0 saturated heterocycles. The fourth-order valence-electron chi connectivity index (χ4n) is 3.45. The molecule has 0 aromatic heterocycles. The van der Waals surface area contributed by atoms with Crippen LogP contribution in [0.15, 0.2) is 12.2 Å². The number of rotatable bonds is 8. The number of hydrogen-bond donors (Lipinski definition) is 0. The molecule has 0 radical (unpaired) electrons. The van der Waals surface area contributed by atoms with Crippen molar-refractivity contribution in [1.82, 2.24) is 0 Å². The second-order valence-corrected chi connectivity index (χ2v) is 26.7. The Bertz CT molecular complexity index is 428. The molecule has 0 amide bonds. The van der Waals surface area contributed by atoms with Crippen LogP contribution >= 0.6 is 0 Å². The number of hydrogen-bond acceptors (Lipinski definition) is 3. The van der Waals surface area contributed by atoms with Crippen molar-refractivity contribution in [2.24, 2.45) is 0 Å². The molecule has 7 heteroatoms. The summed E-state index contributed by atoms with van der Waals surface area (Å²) in [6, 6.07) is 0. The topological polar surface area (TPSA) is 35.5 Å². The molecule has 0 aliphatic rings. The van der Waals surface area contributed by atoms with E-state index in [1.807, 2.05) is 0 Å². The predicted octanol–water partition coefficient (Wildman–Crippen LogP) is 3.53. The van der Waals surface area contributed by atoms with Crippen molar-refractivity contribution in [2.75, 3.05) is 0 Å². The van der Waals surface area contributed by atoms with Gasteiger partial charge in [0.2, 0.25) is 0 Å². The molecule has 23 heavy (non-hydrogen) atoms. The molecule has 3 nitrogen and oxygen atoms in total. The fourth-order valence-corrected chi connectivity index (χ4v) is 20.9. The van der Waals surface area contributed by atoms with E-state index in [9.17, 15) is 4.79 Å². The van der Waals surface area contributed by atoms with E-state index in [0.717, 1.165) is 16.9 Å². The van der Waals surface area contributed by atoms with Crippen LogP contribution in [0.3, 0.4) is 0 Å². The van der Waals surface area contributed by atoms with Crippen LogP contribution in [0.4, 0.5) is 0 Å². The average Bonchev–Trinajstić information content (AvgIpc) is 2.28.